The van der Waals surface area contributed by atoms with Crippen LogP contribution in [0.25, 0.3) is 0 Å². The summed E-state index contributed by atoms with van der Waals surface area (Å²) in [5.74, 6) is -0.00908. The topological polar surface area (TPSA) is 0 Å². The van der Waals surface area contributed by atoms with Gasteiger partial charge in [-0.3, -0.25) is 0 Å². The van der Waals surface area contributed by atoms with E-state index in [0.29, 0.717) is 11.7 Å². The molecule has 1 radical (unpaired) electrons. The second-order valence-corrected chi connectivity index (χ2v) is 9.96. The Labute approximate surface area is 176 Å². The third-order valence-corrected chi connectivity index (χ3v) is 8.50. The third-order valence-electron chi connectivity index (χ3n) is 5.54. The lowest BCUT2D eigenvalue weighted by molar-refractivity contribution is -0.142. The highest BCUT2D eigenvalue weighted by Gasteiger charge is 2.40. The summed E-state index contributed by atoms with van der Waals surface area (Å²) in [5.41, 5.74) is -3.30. The first-order valence-corrected chi connectivity index (χ1v) is 11.1. The largest absolute Gasteiger partial charge is 0.416 e. The molecule has 0 aromatic heterocycles. The summed E-state index contributed by atoms with van der Waals surface area (Å²) < 4.78 is 107. The van der Waals surface area contributed by atoms with Crippen molar-refractivity contribution in [2.75, 3.05) is 0 Å². The minimum absolute atomic E-state index is 0.00908. The van der Waals surface area contributed by atoms with Gasteiger partial charge in [-0.1, -0.05) is 31.5 Å². The number of halogens is 8. The van der Waals surface area contributed by atoms with Crippen molar-refractivity contribution in [2.24, 2.45) is 5.92 Å². The number of hydrogen-bond donors (Lipinski definition) is 0. The molecule has 31 heavy (non-hydrogen) atoms. The molecule has 0 nitrogen and oxygen atoms in total. The fraction of sp³-hybridized carbons (Fsp3) is 0.409. The predicted octanol–water partition coefficient (Wildman–Crippen LogP) is 7.49. The Kier molecular flexibility index (Phi) is 6.99. The van der Waals surface area contributed by atoms with E-state index in [1.807, 2.05) is 6.42 Å². The summed E-state index contributed by atoms with van der Waals surface area (Å²) in [5, 5.41) is 0.265. The molecule has 0 heterocycles. The maximum absolute atomic E-state index is 13.4. The van der Waals surface area contributed by atoms with Crippen LogP contribution in [-0.4, -0.2) is 5.66 Å². The lowest BCUT2D eigenvalue weighted by atomic mass is 10.1. The molecule has 9 heteroatoms. The van der Waals surface area contributed by atoms with Crippen LogP contribution in [0.2, 0.25) is 0 Å². The summed E-state index contributed by atoms with van der Waals surface area (Å²) in [6, 6.07) is 6.93. The fourth-order valence-corrected chi connectivity index (χ4v) is 7.40. The van der Waals surface area contributed by atoms with Crippen molar-refractivity contribution < 1.29 is 35.1 Å². The number of rotatable bonds is 5. The summed E-state index contributed by atoms with van der Waals surface area (Å²) in [7, 11) is -1.73. The van der Waals surface area contributed by atoms with Gasteiger partial charge in [0, 0.05) is 5.56 Å². The van der Waals surface area contributed by atoms with Gasteiger partial charge < -0.3 is 0 Å². The van der Waals surface area contributed by atoms with E-state index in [0.717, 1.165) is 25.0 Å². The Hall–Kier alpha value is -1.69. The standard InChI is InChI=1S/C22H20F8P/c1-2-13-5-4-8-19(13)31(17-7-3-6-14(9-17)20(23)24)18-11-15(21(25,26)27)10-16(12-18)22(28,29)30/h2-3,6-7,9-13,19-20H,4-5,8H2,1H3. The molecule has 3 atom stereocenters. The zero-order valence-corrected chi connectivity index (χ0v) is 17.3. The van der Waals surface area contributed by atoms with Crippen molar-refractivity contribution in [3.05, 3.63) is 65.6 Å². The Morgan fingerprint density at radius 3 is 2.00 bits per heavy atom. The van der Waals surface area contributed by atoms with Crippen LogP contribution in [-0.2, 0) is 12.4 Å². The number of alkyl halides is 8. The first kappa shape index (κ1) is 24.0. The maximum atomic E-state index is 13.4. The molecule has 1 fully saturated rings. The smallest absolute Gasteiger partial charge is 0.205 e. The number of benzene rings is 2. The molecule has 3 rings (SSSR count). The zero-order valence-electron chi connectivity index (χ0n) is 16.4. The summed E-state index contributed by atoms with van der Waals surface area (Å²) in [4.78, 5) is 0. The molecule has 2 aromatic rings. The van der Waals surface area contributed by atoms with Crippen molar-refractivity contribution in [3.63, 3.8) is 0 Å². The average molecular weight is 467 g/mol. The molecule has 2 aromatic carbocycles. The van der Waals surface area contributed by atoms with E-state index in [1.165, 1.54) is 24.3 Å². The van der Waals surface area contributed by atoms with Crippen LogP contribution < -0.4 is 10.6 Å². The van der Waals surface area contributed by atoms with Crippen LogP contribution in [0.4, 0.5) is 35.1 Å². The van der Waals surface area contributed by atoms with Gasteiger partial charge in [0.1, 0.15) is 0 Å². The zero-order chi connectivity index (χ0) is 23.0. The van der Waals surface area contributed by atoms with Gasteiger partial charge in [-0.25, -0.2) is 8.78 Å². The van der Waals surface area contributed by atoms with Gasteiger partial charge in [0.25, 0.3) is 6.43 Å². The molecule has 0 saturated heterocycles. The summed E-state index contributed by atoms with van der Waals surface area (Å²) in [6.45, 7) is 1.80. The minimum Gasteiger partial charge on any atom is -0.205 e. The van der Waals surface area contributed by atoms with Gasteiger partial charge in [-0.05, 0) is 73.6 Å². The van der Waals surface area contributed by atoms with Crippen molar-refractivity contribution >= 4 is 18.5 Å². The fourth-order valence-electron chi connectivity index (χ4n) is 4.10. The molecule has 0 aliphatic heterocycles. The lowest BCUT2D eigenvalue weighted by Crippen LogP contribution is -2.27. The molecule has 169 valence electrons. The van der Waals surface area contributed by atoms with Gasteiger partial charge in [0.05, 0.1) is 11.1 Å². The first-order valence-electron chi connectivity index (χ1n) is 9.68. The normalized spacial score (nSPS) is 21.0. The van der Waals surface area contributed by atoms with Gasteiger partial charge in [0.2, 0.25) is 0 Å². The van der Waals surface area contributed by atoms with Crippen LogP contribution in [0.5, 0.6) is 0 Å². The Balaban J connectivity index is 2.23. The molecule has 0 spiro atoms. The summed E-state index contributed by atoms with van der Waals surface area (Å²) in [6.07, 6.45) is -8.67. The second-order valence-electron chi connectivity index (χ2n) is 7.53. The molecule has 1 aliphatic rings. The van der Waals surface area contributed by atoms with Crippen LogP contribution in [0, 0.1) is 12.3 Å². The molecule has 0 amide bonds. The second kappa shape index (κ2) is 9.05. The van der Waals surface area contributed by atoms with E-state index in [2.05, 4.69) is 0 Å². The van der Waals surface area contributed by atoms with Gasteiger partial charge in [0.15, 0.2) is 0 Å². The van der Waals surface area contributed by atoms with E-state index >= 15 is 0 Å². The van der Waals surface area contributed by atoms with Crippen LogP contribution >= 0.6 is 7.92 Å². The van der Waals surface area contributed by atoms with E-state index in [1.54, 1.807) is 6.92 Å². The molecule has 1 aliphatic carbocycles. The highest BCUT2D eigenvalue weighted by atomic mass is 31.1. The highest BCUT2D eigenvalue weighted by Crippen LogP contribution is 2.52. The van der Waals surface area contributed by atoms with E-state index in [-0.39, 0.29) is 28.5 Å². The van der Waals surface area contributed by atoms with Crippen LogP contribution in [0.3, 0.4) is 0 Å². The van der Waals surface area contributed by atoms with Crippen molar-refractivity contribution in [3.8, 4) is 0 Å². The highest BCUT2D eigenvalue weighted by molar-refractivity contribution is 7.73. The van der Waals surface area contributed by atoms with E-state index in [9.17, 15) is 35.1 Å². The SMILES string of the molecule is C[CH]C1CCCC1P(c1cccc(C(F)F)c1)c1cc(C(F)(F)F)cc(C(F)(F)F)c1. The van der Waals surface area contributed by atoms with E-state index in [4.69, 9.17) is 0 Å². The molecule has 0 N–H and O–H groups in total. The minimum atomic E-state index is -4.96. The predicted molar refractivity (Wildman–Crippen MR) is 105 cm³/mol. The molecule has 3 unspecified atom stereocenters. The van der Waals surface area contributed by atoms with Crippen molar-refractivity contribution in [1.82, 2.24) is 0 Å². The van der Waals surface area contributed by atoms with Crippen LogP contribution in [0.1, 0.15) is 49.3 Å². The average Bonchev–Trinajstić information content (AvgIpc) is 3.15. The summed E-state index contributed by atoms with van der Waals surface area (Å²) >= 11 is 0. The first-order chi connectivity index (χ1) is 14.4. The Bertz CT molecular complexity index is 871. The monoisotopic (exact) mass is 467 g/mol. The molecule has 1 saturated carbocycles. The number of hydrogen-bond acceptors (Lipinski definition) is 0. The van der Waals surface area contributed by atoms with Crippen molar-refractivity contribution in [1.29, 1.82) is 0 Å². The Morgan fingerprint density at radius 1 is 0.871 bits per heavy atom. The third kappa shape index (κ3) is 5.39. The van der Waals surface area contributed by atoms with E-state index < -0.39 is 37.8 Å². The quantitative estimate of drug-likeness (QED) is 0.316. The Morgan fingerprint density at radius 2 is 1.48 bits per heavy atom. The molecular formula is C22H20F8P. The molecule has 0 bridgehead atoms. The van der Waals surface area contributed by atoms with Crippen molar-refractivity contribution in [2.45, 2.75) is 50.6 Å². The maximum Gasteiger partial charge on any atom is 0.416 e. The van der Waals surface area contributed by atoms with Gasteiger partial charge >= 0.3 is 12.4 Å². The van der Waals surface area contributed by atoms with Crippen LogP contribution in [0.15, 0.2) is 42.5 Å². The lowest BCUT2D eigenvalue weighted by Gasteiger charge is -2.31. The van der Waals surface area contributed by atoms with Gasteiger partial charge in [-0.2, -0.15) is 26.3 Å². The van der Waals surface area contributed by atoms with Gasteiger partial charge in [-0.15, -0.1) is 0 Å². The molecular weight excluding hydrogens is 447 g/mol.